The van der Waals surface area contributed by atoms with Gasteiger partial charge in [-0.1, -0.05) is 42.5 Å². The Bertz CT molecular complexity index is 1290. The molecule has 3 aromatic carbocycles. The smallest absolute Gasteiger partial charge is 0.124 e. The Morgan fingerprint density at radius 2 is 1.65 bits per heavy atom. The van der Waals surface area contributed by atoms with Crippen LogP contribution in [0.15, 0.2) is 78.2 Å². The fourth-order valence-electron chi connectivity index (χ4n) is 3.56. The number of phenols is 1. The van der Waals surface area contributed by atoms with Gasteiger partial charge in [0.05, 0.1) is 15.9 Å². The molecule has 1 N–H and O–H groups in total. The van der Waals surface area contributed by atoms with Gasteiger partial charge in [0.15, 0.2) is 0 Å². The highest BCUT2D eigenvalue weighted by atomic mass is 32.1. The van der Waals surface area contributed by atoms with Gasteiger partial charge in [-0.25, -0.2) is 9.97 Å². The van der Waals surface area contributed by atoms with Crippen molar-refractivity contribution in [2.45, 2.75) is 13.1 Å². The lowest BCUT2D eigenvalue weighted by Gasteiger charge is -2.16. The van der Waals surface area contributed by atoms with Crippen LogP contribution in [0, 0.1) is 0 Å². The number of fused-ring (bicyclic) bond motifs is 1. The van der Waals surface area contributed by atoms with Crippen molar-refractivity contribution in [3.05, 3.63) is 89.4 Å². The minimum absolute atomic E-state index is 0.306. The summed E-state index contributed by atoms with van der Waals surface area (Å²) in [5, 5.41) is 14.5. The fourth-order valence-corrected chi connectivity index (χ4v) is 5.34. The van der Waals surface area contributed by atoms with Crippen LogP contribution in [0.2, 0.25) is 0 Å². The predicted octanol–water partition coefficient (Wildman–Crippen LogP) is 6.42. The molecule has 5 aromatic rings. The largest absolute Gasteiger partial charge is 0.508 e. The SMILES string of the molecule is CN(Cc1csc(-c2ccccc2)n1)Cc1cc(-c2nc3ccccc3s2)ccc1O. The summed E-state index contributed by atoms with van der Waals surface area (Å²) in [7, 11) is 2.05. The quantitative estimate of drug-likeness (QED) is 0.329. The maximum atomic E-state index is 10.4. The van der Waals surface area contributed by atoms with Gasteiger partial charge in [0.2, 0.25) is 0 Å². The van der Waals surface area contributed by atoms with E-state index in [1.54, 1.807) is 28.7 Å². The number of aromatic hydroxyl groups is 1. The normalized spacial score (nSPS) is 11.4. The van der Waals surface area contributed by atoms with Crippen molar-refractivity contribution >= 4 is 32.9 Å². The number of hydrogen-bond donors (Lipinski definition) is 1. The van der Waals surface area contributed by atoms with Crippen molar-refractivity contribution in [3.8, 4) is 26.9 Å². The molecule has 0 aliphatic heterocycles. The third-order valence-corrected chi connectivity index (χ3v) is 7.09. The number of aromatic nitrogens is 2. The maximum Gasteiger partial charge on any atom is 0.124 e. The first-order valence-electron chi connectivity index (χ1n) is 10.0. The van der Waals surface area contributed by atoms with E-state index < -0.39 is 0 Å². The number of phenolic OH excluding ortho intramolecular Hbond substituents is 1. The summed E-state index contributed by atoms with van der Waals surface area (Å²) in [5.41, 5.74) is 5.10. The number of thiazole rings is 2. The summed E-state index contributed by atoms with van der Waals surface area (Å²) in [5.74, 6) is 0.306. The van der Waals surface area contributed by atoms with Crippen LogP contribution in [0.3, 0.4) is 0 Å². The fraction of sp³-hybridized carbons (Fsp3) is 0.120. The molecule has 0 unspecified atom stereocenters. The zero-order chi connectivity index (χ0) is 21.2. The highest BCUT2D eigenvalue weighted by molar-refractivity contribution is 7.21. The highest BCUT2D eigenvalue weighted by Gasteiger charge is 2.12. The third kappa shape index (κ3) is 4.37. The molecule has 0 amide bonds. The van der Waals surface area contributed by atoms with Crippen molar-refractivity contribution in [3.63, 3.8) is 0 Å². The Labute approximate surface area is 189 Å². The number of rotatable bonds is 6. The highest BCUT2D eigenvalue weighted by Crippen LogP contribution is 2.33. The van der Waals surface area contributed by atoms with E-state index in [4.69, 9.17) is 9.97 Å². The van der Waals surface area contributed by atoms with Gasteiger partial charge in [0, 0.05) is 35.2 Å². The van der Waals surface area contributed by atoms with Crippen LogP contribution in [0.4, 0.5) is 0 Å². The molecule has 2 heterocycles. The molecule has 0 radical (unpaired) electrons. The van der Waals surface area contributed by atoms with Gasteiger partial charge >= 0.3 is 0 Å². The predicted molar refractivity (Wildman–Crippen MR) is 129 cm³/mol. The number of hydrogen-bond acceptors (Lipinski definition) is 6. The van der Waals surface area contributed by atoms with E-state index in [-0.39, 0.29) is 0 Å². The van der Waals surface area contributed by atoms with E-state index >= 15 is 0 Å². The van der Waals surface area contributed by atoms with Crippen molar-refractivity contribution in [1.29, 1.82) is 0 Å². The first-order chi connectivity index (χ1) is 15.2. The van der Waals surface area contributed by atoms with Crippen LogP contribution in [-0.4, -0.2) is 27.0 Å². The van der Waals surface area contributed by atoms with Crippen molar-refractivity contribution in [2.24, 2.45) is 0 Å². The second kappa shape index (κ2) is 8.59. The van der Waals surface area contributed by atoms with Gasteiger partial charge in [-0.05, 0) is 37.4 Å². The molecule has 0 aliphatic carbocycles. The lowest BCUT2D eigenvalue weighted by Crippen LogP contribution is -2.17. The van der Waals surface area contributed by atoms with Crippen LogP contribution in [0.1, 0.15) is 11.3 Å². The summed E-state index contributed by atoms with van der Waals surface area (Å²) in [6.45, 7) is 1.34. The maximum absolute atomic E-state index is 10.4. The van der Waals surface area contributed by atoms with Gasteiger partial charge in [-0.3, -0.25) is 4.90 Å². The Kier molecular flexibility index (Phi) is 5.51. The Morgan fingerprint density at radius 3 is 2.48 bits per heavy atom. The van der Waals surface area contributed by atoms with Crippen LogP contribution in [0.25, 0.3) is 31.4 Å². The van der Waals surface area contributed by atoms with E-state index in [9.17, 15) is 5.11 Å². The lowest BCUT2D eigenvalue weighted by molar-refractivity contribution is 0.309. The van der Waals surface area contributed by atoms with Gasteiger partial charge in [-0.15, -0.1) is 22.7 Å². The molecule has 0 fully saturated rings. The number of para-hydroxylation sites is 1. The summed E-state index contributed by atoms with van der Waals surface area (Å²) in [4.78, 5) is 11.7. The monoisotopic (exact) mass is 443 g/mol. The summed E-state index contributed by atoms with van der Waals surface area (Å²) >= 11 is 3.33. The average molecular weight is 444 g/mol. The molecule has 0 spiro atoms. The second-order valence-corrected chi connectivity index (χ2v) is 9.40. The molecule has 0 aliphatic rings. The molecule has 154 valence electrons. The van der Waals surface area contributed by atoms with E-state index in [1.165, 1.54) is 4.70 Å². The van der Waals surface area contributed by atoms with E-state index in [2.05, 4.69) is 28.5 Å². The molecule has 31 heavy (non-hydrogen) atoms. The van der Waals surface area contributed by atoms with E-state index in [1.807, 2.05) is 55.6 Å². The molecule has 0 saturated heterocycles. The molecule has 6 heteroatoms. The summed E-state index contributed by atoms with van der Waals surface area (Å²) in [6, 6.07) is 24.1. The molecule has 4 nitrogen and oxygen atoms in total. The van der Waals surface area contributed by atoms with Crippen molar-refractivity contribution < 1.29 is 5.11 Å². The molecule has 0 bridgehead atoms. The Balaban J connectivity index is 1.32. The van der Waals surface area contributed by atoms with Gasteiger partial charge in [-0.2, -0.15) is 0 Å². The molecule has 5 rings (SSSR count). The number of benzene rings is 3. The third-order valence-electron chi connectivity index (χ3n) is 5.06. The second-order valence-electron chi connectivity index (χ2n) is 7.51. The van der Waals surface area contributed by atoms with Crippen molar-refractivity contribution in [2.75, 3.05) is 7.05 Å². The molecule has 2 aromatic heterocycles. The molecular weight excluding hydrogens is 422 g/mol. The van der Waals surface area contributed by atoms with E-state index in [0.29, 0.717) is 18.8 Å². The van der Waals surface area contributed by atoms with Crippen LogP contribution in [-0.2, 0) is 13.1 Å². The van der Waals surface area contributed by atoms with E-state index in [0.717, 1.165) is 37.9 Å². The topological polar surface area (TPSA) is 49.2 Å². The van der Waals surface area contributed by atoms with Crippen LogP contribution >= 0.6 is 22.7 Å². The standard InChI is InChI=1S/C25H21N3OS2/c1-28(15-20-16-30-24(26-20)17-7-3-2-4-8-17)14-19-13-18(11-12-22(19)29)25-27-21-9-5-6-10-23(21)31-25/h2-13,16,29H,14-15H2,1H3. The minimum atomic E-state index is 0.306. The van der Waals surface area contributed by atoms with Gasteiger partial charge < -0.3 is 5.11 Å². The van der Waals surface area contributed by atoms with Gasteiger partial charge in [0.1, 0.15) is 15.8 Å². The number of nitrogens with zero attached hydrogens (tertiary/aromatic N) is 3. The first-order valence-corrected chi connectivity index (χ1v) is 11.7. The molecule has 0 saturated carbocycles. The Morgan fingerprint density at radius 1 is 0.839 bits per heavy atom. The lowest BCUT2D eigenvalue weighted by atomic mass is 10.1. The van der Waals surface area contributed by atoms with Crippen LogP contribution in [0.5, 0.6) is 5.75 Å². The molecular formula is C25H21N3OS2. The summed E-state index contributed by atoms with van der Waals surface area (Å²) in [6.07, 6.45) is 0. The zero-order valence-corrected chi connectivity index (χ0v) is 18.7. The zero-order valence-electron chi connectivity index (χ0n) is 17.0. The first kappa shape index (κ1) is 19.9. The Hall–Kier alpha value is -3.06. The van der Waals surface area contributed by atoms with Crippen LogP contribution < -0.4 is 0 Å². The minimum Gasteiger partial charge on any atom is -0.508 e. The summed E-state index contributed by atoms with van der Waals surface area (Å²) < 4.78 is 1.17. The average Bonchev–Trinajstić information content (AvgIpc) is 3.43. The van der Waals surface area contributed by atoms with Gasteiger partial charge in [0.25, 0.3) is 0 Å². The molecule has 0 atom stereocenters. The van der Waals surface area contributed by atoms with Crippen molar-refractivity contribution in [1.82, 2.24) is 14.9 Å².